The Labute approximate surface area is 157 Å². The van der Waals surface area contributed by atoms with Gasteiger partial charge in [0.1, 0.15) is 17.4 Å². The van der Waals surface area contributed by atoms with Crippen molar-refractivity contribution in [1.82, 2.24) is 15.3 Å². The molecule has 3 N–H and O–H groups in total. The largest absolute Gasteiger partial charge is 0.492 e. The second-order valence-electron chi connectivity index (χ2n) is 4.80. The van der Waals surface area contributed by atoms with Crippen molar-refractivity contribution in [2.45, 2.75) is 0 Å². The monoisotopic (exact) mass is 402 g/mol. The standard InChI is InChI=1S/C15H13Cl2FN4O4/c1-25-8(23)5-20-15(24)11-9(17)13(19)22-14(21-11)6-3-4-7(16)12(26-2)10(6)18/h3-4H,5H2,1-2H3,(H,20,24)(H2,19,21,22). The molecule has 0 aliphatic carbocycles. The number of carbonyl (C=O) groups is 2. The molecule has 26 heavy (non-hydrogen) atoms. The van der Waals surface area contributed by atoms with E-state index in [4.69, 9.17) is 33.7 Å². The summed E-state index contributed by atoms with van der Waals surface area (Å²) in [5.41, 5.74) is 5.27. The number of halogens is 3. The summed E-state index contributed by atoms with van der Waals surface area (Å²) in [6, 6.07) is 2.68. The highest BCUT2D eigenvalue weighted by Gasteiger charge is 2.22. The van der Waals surface area contributed by atoms with Gasteiger partial charge in [0.15, 0.2) is 23.1 Å². The van der Waals surface area contributed by atoms with Crippen molar-refractivity contribution in [1.29, 1.82) is 0 Å². The maximum absolute atomic E-state index is 14.6. The predicted molar refractivity (Wildman–Crippen MR) is 92.8 cm³/mol. The number of amides is 1. The molecule has 0 unspecified atom stereocenters. The molecule has 0 atom stereocenters. The minimum Gasteiger partial charge on any atom is -0.492 e. The van der Waals surface area contributed by atoms with E-state index in [0.717, 1.165) is 0 Å². The third-order valence-corrected chi connectivity index (χ3v) is 3.88. The number of carbonyl (C=O) groups excluding carboxylic acids is 2. The molecule has 8 nitrogen and oxygen atoms in total. The lowest BCUT2D eigenvalue weighted by Crippen LogP contribution is -2.31. The van der Waals surface area contributed by atoms with Crippen molar-refractivity contribution < 1.29 is 23.5 Å². The number of nitrogens with two attached hydrogens (primary N) is 1. The van der Waals surface area contributed by atoms with Crippen LogP contribution in [0.1, 0.15) is 10.5 Å². The predicted octanol–water partition coefficient (Wildman–Crippen LogP) is 2.08. The van der Waals surface area contributed by atoms with Crippen LogP contribution in [0.25, 0.3) is 11.4 Å². The lowest BCUT2D eigenvalue weighted by molar-refractivity contribution is -0.139. The number of rotatable bonds is 5. The van der Waals surface area contributed by atoms with E-state index in [1.54, 1.807) is 0 Å². The Kier molecular flexibility index (Phi) is 6.17. The van der Waals surface area contributed by atoms with Gasteiger partial charge in [-0.25, -0.2) is 14.4 Å². The van der Waals surface area contributed by atoms with Crippen LogP contribution >= 0.6 is 23.2 Å². The number of esters is 1. The fraction of sp³-hybridized carbons (Fsp3) is 0.200. The first-order chi connectivity index (χ1) is 12.3. The van der Waals surface area contributed by atoms with Gasteiger partial charge in [0.25, 0.3) is 5.91 Å². The molecule has 1 heterocycles. The molecule has 0 saturated carbocycles. The highest BCUT2D eigenvalue weighted by atomic mass is 35.5. The molecule has 0 fully saturated rings. The number of ether oxygens (including phenoxy) is 2. The Morgan fingerprint density at radius 1 is 1.27 bits per heavy atom. The molecule has 1 aromatic heterocycles. The molecule has 0 bridgehead atoms. The Bertz CT molecular complexity index is 879. The molecule has 2 rings (SSSR count). The van der Waals surface area contributed by atoms with E-state index in [2.05, 4.69) is 20.0 Å². The van der Waals surface area contributed by atoms with Gasteiger partial charge in [0.2, 0.25) is 0 Å². The molecule has 1 amide bonds. The number of methoxy groups -OCH3 is 2. The number of aromatic nitrogens is 2. The van der Waals surface area contributed by atoms with Crippen LogP contribution in [0, 0.1) is 5.82 Å². The SMILES string of the molecule is COC(=O)CNC(=O)c1nc(-c2ccc(Cl)c(OC)c2F)nc(N)c1Cl. The van der Waals surface area contributed by atoms with Gasteiger partial charge in [0, 0.05) is 0 Å². The van der Waals surface area contributed by atoms with Crippen molar-refractivity contribution in [3.8, 4) is 17.1 Å². The van der Waals surface area contributed by atoms with Crippen LogP contribution in [0.4, 0.5) is 10.2 Å². The zero-order valence-electron chi connectivity index (χ0n) is 13.6. The Hall–Kier alpha value is -2.65. The average molecular weight is 403 g/mol. The lowest BCUT2D eigenvalue weighted by atomic mass is 10.1. The summed E-state index contributed by atoms with van der Waals surface area (Å²) in [6.45, 7) is -0.409. The quantitative estimate of drug-likeness (QED) is 0.735. The summed E-state index contributed by atoms with van der Waals surface area (Å²) >= 11 is 11.8. The van der Waals surface area contributed by atoms with Crippen molar-refractivity contribution in [3.63, 3.8) is 0 Å². The van der Waals surface area contributed by atoms with E-state index in [0.29, 0.717) is 0 Å². The molecule has 11 heteroatoms. The normalized spacial score (nSPS) is 10.3. The van der Waals surface area contributed by atoms with E-state index >= 15 is 0 Å². The number of nitrogens with one attached hydrogen (secondary N) is 1. The number of anilines is 1. The van der Waals surface area contributed by atoms with Crippen LogP contribution in [-0.4, -0.2) is 42.6 Å². The number of hydrogen-bond donors (Lipinski definition) is 2. The lowest BCUT2D eigenvalue weighted by Gasteiger charge is -2.11. The topological polar surface area (TPSA) is 116 Å². The van der Waals surface area contributed by atoms with Gasteiger partial charge in [-0.05, 0) is 12.1 Å². The summed E-state index contributed by atoms with van der Waals surface area (Å²) in [5.74, 6) is -2.97. The third kappa shape index (κ3) is 3.94. The number of hydrogen-bond acceptors (Lipinski definition) is 7. The number of nitrogen functional groups attached to an aromatic ring is 1. The first-order valence-corrected chi connectivity index (χ1v) is 7.76. The van der Waals surface area contributed by atoms with Crippen LogP contribution < -0.4 is 15.8 Å². The summed E-state index contributed by atoms with van der Waals surface area (Å²) in [4.78, 5) is 31.2. The molecule has 138 valence electrons. The molecule has 0 spiro atoms. The molecule has 0 saturated heterocycles. The van der Waals surface area contributed by atoms with Crippen LogP contribution in [0.3, 0.4) is 0 Å². The van der Waals surface area contributed by atoms with Gasteiger partial charge in [-0.1, -0.05) is 23.2 Å². The van der Waals surface area contributed by atoms with E-state index in [9.17, 15) is 14.0 Å². The summed E-state index contributed by atoms with van der Waals surface area (Å²) in [7, 11) is 2.41. The molecular weight excluding hydrogens is 390 g/mol. The smallest absolute Gasteiger partial charge is 0.325 e. The highest BCUT2D eigenvalue weighted by Crippen LogP contribution is 2.34. The number of benzene rings is 1. The van der Waals surface area contributed by atoms with Crippen LogP contribution in [0.5, 0.6) is 5.75 Å². The van der Waals surface area contributed by atoms with E-state index < -0.39 is 24.2 Å². The second kappa shape index (κ2) is 8.15. The van der Waals surface area contributed by atoms with Crippen LogP contribution in [0.15, 0.2) is 12.1 Å². The molecular formula is C15H13Cl2FN4O4. The Morgan fingerprint density at radius 3 is 2.58 bits per heavy atom. The maximum Gasteiger partial charge on any atom is 0.325 e. The van der Waals surface area contributed by atoms with Crippen molar-refractivity contribution in [2.24, 2.45) is 0 Å². The van der Waals surface area contributed by atoms with E-state index in [1.807, 2.05) is 0 Å². The number of nitrogens with zero attached hydrogens (tertiary/aromatic N) is 2. The van der Waals surface area contributed by atoms with Crippen LogP contribution in [0.2, 0.25) is 10.0 Å². The van der Waals surface area contributed by atoms with Crippen molar-refractivity contribution in [2.75, 3.05) is 26.5 Å². The van der Waals surface area contributed by atoms with E-state index in [1.165, 1.54) is 26.4 Å². The zero-order chi connectivity index (χ0) is 19.4. The zero-order valence-corrected chi connectivity index (χ0v) is 15.1. The first kappa shape index (κ1) is 19.7. The fourth-order valence-corrected chi connectivity index (χ4v) is 2.33. The van der Waals surface area contributed by atoms with Gasteiger partial charge in [-0.2, -0.15) is 0 Å². The maximum atomic E-state index is 14.6. The van der Waals surface area contributed by atoms with E-state index in [-0.39, 0.29) is 38.7 Å². The molecule has 0 radical (unpaired) electrons. The average Bonchev–Trinajstić information content (AvgIpc) is 2.62. The van der Waals surface area contributed by atoms with Crippen molar-refractivity contribution >= 4 is 40.9 Å². The minimum atomic E-state index is -0.831. The molecule has 2 aromatic rings. The molecule has 1 aromatic carbocycles. The van der Waals surface area contributed by atoms with Crippen molar-refractivity contribution in [3.05, 3.63) is 33.7 Å². The van der Waals surface area contributed by atoms with Gasteiger partial charge in [-0.3, -0.25) is 9.59 Å². The van der Waals surface area contributed by atoms with Gasteiger partial charge >= 0.3 is 5.97 Å². The molecule has 0 aliphatic rings. The first-order valence-electron chi connectivity index (χ1n) is 7.00. The van der Waals surface area contributed by atoms with Gasteiger partial charge in [-0.15, -0.1) is 0 Å². The summed E-state index contributed by atoms with van der Waals surface area (Å²) < 4.78 is 23.9. The third-order valence-electron chi connectivity index (χ3n) is 3.21. The van der Waals surface area contributed by atoms with Gasteiger partial charge in [0.05, 0.1) is 24.8 Å². The molecule has 0 aliphatic heterocycles. The second-order valence-corrected chi connectivity index (χ2v) is 5.58. The summed E-state index contributed by atoms with van der Waals surface area (Å²) in [5, 5.41) is 2.07. The Morgan fingerprint density at radius 2 is 1.96 bits per heavy atom. The van der Waals surface area contributed by atoms with Crippen LogP contribution in [-0.2, 0) is 9.53 Å². The fourth-order valence-electron chi connectivity index (χ4n) is 1.94. The minimum absolute atomic E-state index is 0.0479. The summed E-state index contributed by atoms with van der Waals surface area (Å²) in [6.07, 6.45) is 0. The highest BCUT2D eigenvalue weighted by molar-refractivity contribution is 6.35. The Balaban J connectivity index is 2.48. The van der Waals surface area contributed by atoms with Gasteiger partial charge < -0.3 is 20.5 Å².